The monoisotopic (exact) mass is 678 g/mol. The Labute approximate surface area is 305 Å². The highest BCUT2D eigenvalue weighted by Crippen LogP contribution is 2.38. The van der Waals surface area contributed by atoms with E-state index in [4.69, 9.17) is 24.4 Å². The first-order chi connectivity index (χ1) is 26.3. The topological polar surface area (TPSA) is 64.7 Å². The Morgan fingerprint density at radius 2 is 0.849 bits per heavy atom. The highest BCUT2D eigenvalue weighted by atomic mass is 16.3. The molecule has 8 aromatic carbocycles. The maximum atomic E-state index is 6.53. The van der Waals surface area contributed by atoms with Crippen LogP contribution in [0.15, 0.2) is 186 Å². The number of aromatic nitrogens is 4. The van der Waals surface area contributed by atoms with Crippen molar-refractivity contribution in [2.45, 2.75) is 0 Å². The lowest BCUT2D eigenvalue weighted by molar-refractivity contribution is 0.623. The molecule has 0 aliphatic heterocycles. The van der Waals surface area contributed by atoms with Crippen LogP contribution in [0.5, 0.6) is 0 Å². The van der Waals surface area contributed by atoms with Crippen molar-refractivity contribution in [3.63, 3.8) is 0 Å². The second-order valence-electron chi connectivity index (χ2n) is 13.0. The lowest BCUT2D eigenvalue weighted by Gasteiger charge is -2.13. The van der Waals surface area contributed by atoms with Gasteiger partial charge >= 0.3 is 0 Å². The minimum absolute atomic E-state index is 0.562. The summed E-state index contributed by atoms with van der Waals surface area (Å²) in [6, 6.07) is 62.4. The lowest BCUT2D eigenvalue weighted by atomic mass is 9.94. The van der Waals surface area contributed by atoms with E-state index < -0.39 is 0 Å². The van der Waals surface area contributed by atoms with Crippen molar-refractivity contribution in [3.05, 3.63) is 182 Å². The number of benzene rings is 8. The molecule has 0 fully saturated rings. The fourth-order valence-corrected chi connectivity index (χ4v) is 7.22. The number of rotatable bonds is 6. The summed E-state index contributed by atoms with van der Waals surface area (Å²) >= 11 is 0. The molecule has 0 radical (unpaired) electrons. The van der Waals surface area contributed by atoms with Gasteiger partial charge in [-0.2, -0.15) is 0 Å². The number of oxazole rings is 1. The predicted octanol–water partition coefficient (Wildman–Crippen LogP) is 12.3. The summed E-state index contributed by atoms with van der Waals surface area (Å²) in [5, 5.41) is 4.13. The van der Waals surface area contributed by atoms with Gasteiger partial charge in [-0.1, -0.05) is 164 Å². The van der Waals surface area contributed by atoms with Gasteiger partial charge in [-0.15, -0.1) is 0 Å². The molecule has 0 atom stereocenters. The summed E-state index contributed by atoms with van der Waals surface area (Å²) in [5.41, 5.74) is 9.74. The molecule has 0 saturated heterocycles. The van der Waals surface area contributed by atoms with E-state index in [-0.39, 0.29) is 0 Å². The largest absolute Gasteiger partial charge is 0.435 e. The van der Waals surface area contributed by atoms with Gasteiger partial charge in [0.1, 0.15) is 5.52 Å². The summed E-state index contributed by atoms with van der Waals surface area (Å²) < 4.78 is 6.53. The molecule has 0 bridgehead atoms. The van der Waals surface area contributed by atoms with Gasteiger partial charge < -0.3 is 4.42 Å². The van der Waals surface area contributed by atoms with E-state index in [0.717, 1.165) is 54.9 Å². The van der Waals surface area contributed by atoms with Gasteiger partial charge in [0, 0.05) is 27.6 Å². The number of nitrogens with zero attached hydrogens (tertiary/aromatic N) is 4. The van der Waals surface area contributed by atoms with Crippen molar-refractivity contribution in [3.8, 4) is 67.9 Å². The zero-order valence-corrected chi connectivity index (χ0v) is 28.5. The molecule has 10 rings (SSSR count). The van der Waals surface area contributed by atoms with E-state index in [2.05, 4.69) is 133 Å². The molecule has 0 aliphatic carbocycles. The molecule has 53 heavy (non-hydrogen) atoms. The average Bonchev–Trinajstić information content (AvgIpc) is 3.69. The van der Waals surface area contributed by atoms with Crippen LogP contribution in [0.4, 0.5) is 0 Å². The van der Waals surface area contributed by atoms with Gasteiger partial charge in [0.2, 0.25) is 5.89 Å². The maximum absolute atomic E-state index is 6.53. The fourth-order valence-electron chi connectivity index (χ4n) is 7.22. The summed E-state index contributed by atoms with van der Waals surface area (Å²) in [7, 11) is 0. The van der Waals surface area contributed by atoms with Crippen LogP contribution in [0.3, 0.4) is 0 Å². The minimum atomic E-state index is 0.562. The number of hydrogen-bond acceptors (Lipinski definition) is 5. The van der Waals surface area contributed by atoms with Crippen LogP contribution in [-0.2, 0) is 0 Å². The van der Waals surface area contributed by atoms with E-state index in [9.17, 15) is 0 Å². The highest BCUT2D eigenvalue weighted by Gasteiger charge is 2.19. The van der Waals surface area contributed by atoms with Crippen LogP contribution >= 0.6 is 0 Å². The van der Waals surface area contributed by atoms with Crippen LogP contribution in [0, 0.1) is 0 Å². The van der Waals surface area contributed by atoms with Gasteiger partial charge in [0.05, 0.1) is 0 Å². The Morgan fingerprint density at radius 3 is 1.60 bits per heavy atom. The van der Waals surface area contributed by atoms with Gasteiger partial charge in [0.15, 0.2) is 23.1 Å². The SMILES string of the molecule is c1ccc(-c2nc3ccc4cccc(-c5nc(-c6ccc(-c7ccccc7-c7ccccc7)cc6)nc(-c6cccc7ccccc67)n5)c4c3o2)cc1. The summed E-state index contributed by atoms with van der Waals surface area (Å²) in [6.07, 6.45) is 0. The first-order valence-corrected chi connectivity index (χ1v) is 17.6. The minimum Gasteiger partial charge on any atom is -0.435 e. The number of fused-ring (bicyclic) bond motifs is 4. The second-order valence-corrected chi connectivity index (χ2v) is 13.0. The Kier molecular flexibility index (Phi) is 7.40. The smallest absolute Gasteiger partial charge is 0.227 e. The van der Waals surface area contributed by atoms with Crippen LogP contribution < -0.4 is 0 Å². The molecule has 0 saturated carbocycles. The quantitative estimate of drug-likeness (QED) is 0.175. The van der Waals surface area contributed by atoms with Crippen molar-refractivity contribution in [2.75, 3.05) is 0 Å². The van der Waals surface area contributed by atoms with Crippen LogP contribution in [0.1, 0.15) is 0 Å². The van der Waals surface area contributed by atoms with Gasteiger partial charge in [-0.3, -0.25) is 0 Å². The normalized spacial score (nSPS) is 11.4. The van der Waals surface area contributed by atoms with Crippen molar-refractivity contribution in [2.24, 2.45) is 0 Å². The molecule has 5 nitrogen and oxygen atoms in total. The zero-order valence-electron chi connectivity index (χ0n) is 28.5. The Bertz CT molecular complexity index is 2930. The molecule has 248 valence electrons. The molecule has 0 N–H and O–H groups in total. The Hall–Kier alpha value is -7.24. The number of hydrogen-bond donors (Lipinski definition) is 0. The molecule has 2 aromatic heterocycles. The predicted molar refractivity (Wildman–Crippen MR) is 215 cm³/mol. The molecule has 5 heteroatoms. The maximum Gasteiger partial charge on any atom is 0.227 e. The lowest BCUT2D eigenvalue weighted by Crippen LogP contribution is -2.01. The summed E-state index contributed by atoms with van der Waals surface area (Å²) in [6.45, 7) is 0. The highest BCUT2D eigenvalue weighted by molar-refractivity contribution is 6.11. The average molecular weight is 679 g/mol. The van der Waals surface area contributed by atoms with Crippen molar-refractivity contribution in [1.82, 2.24) is 19.9 Å². The van der Waals surface area contributed by atoms with Crippen LogP contribution in [0.2, 0.25) is 0 Å². The molecule has 0 spiro atoms. The molecule has 0 amide bonds. The van der Waals surface area contributed by atoms with E-state index in [0.29, 0.717) is 28.9 Å². The molecule has 0 unspecified atom stereocenters. The third-order valence-electron chi connectivity index (χ3n) is 9.79. The van der Waals surface area contributed by atoms with Crippen LogP contribution in [-0.4, -0.2) is 19.9 Å². The summed E-state index contributed by atoms with van der Waals surface area (Å²) in [4.78, 5) is 20.4. The third kappa shape index (κ3) is 5.52. The molecular weight excluding hydrogens is 649 g/mol. The first kappa shape index (κ1) is 30.6. The third-order valence-corrected chi connectivity index (χ3v) is 9.79. The summed E-state index contributed by atoms with van der Waals surface area (Å²) in [5.74, 6) is 2.33. The van der Waals surface area contributed by atoms with Gasteiger partial charge in [0.25, 0.3) is 0 Å². The van der Waals surface area contributed by atoms with Crippen molar-refractivity contribution in [1.29, 1.82) is 0 Å². The van der Waals surface area contributed by atoms with Gasteiger partial charge in [-0.25, -0.2) is 19.9 Å². The fraction of sp³-hybridized carbons (Fsp3) is 0. The Morgan fingerprint density at radius 1 is 0.321 bits per heavy atom. The van der Waals surface area contributed by atoms with Crippen molar-refractivity contribution < 1.29 is 4.42 Å². The Balaban J connectivity index is 1.16. The molecule has 10 aromatic rings. The standard InChI is InChI=1S/C48H30N4O/c1-3-13-31(14-4-1)37-20-9-10-21-38(37)33-25-27-35(28-26-33)45-50-46(40-23-11-18-32-15-7-8-22-39(32)40)52-47(51-45)41-24-12-19-34-29-30-42-44(43(34)41)53-48(49-42)36-16-5-2-6-17-36/h1-30H. The second kappa shape index (κ2) is 12.8. The molecular formula is C48H30N4O. The van der Waals surface area contributed by atoms with E-state index >= 15 is 0 Å². The van der Waals surface area contributed by atoms with Crippen molar-refractivity contribution >= 4 is 32.6 Å². The van der Waals surface area contributed by atoms with E-state index in [1.165, 1.54) is 16.7 Å². The van der Waals surface area contributed by atoms with Crippen LogP contribution in [0.25, 0.3) is 101 Å². The molecule has 2 heterocycles. The van der Waals surface area contributed by atoms with E-state index in [1.807, 2.05) is 48.5 Å². The van der Waals surface area contributed by atoms with Gasteiger partial charge in [-0.05, 0) is 56.6 Å². The zero-order chi connectivity index (χ0) is 35.1. The van der Waals surface area contributed by atoms with E-state index in [1.54, 1.807) is 0 Å². The first-order valence-electron chi connectivity index (χ1n) is 17.6. The molecule has 0 aliphatic rings.